The van der Waals surface area contributed by atoms with Gasteiger partial charge in [0, 0.05) is 5.69 Å². The Hall–Kier alpha value is -2.24. The Morgan fingerprint density at radius 2 is 2.20 bits per heavy atom. The smallest absolute Gasteiger partial charge is 0.412 e. The molecule has 108 valence electrons. The number of cyclic esters (lactones) is 1. The van der Waals surface area contributed by atoms with E-state index in [9.17, 15) is 9.59 Å². The molecule has 0 spiro atoms. The highest BCUT2D eigenvalue weighted by Crippen LogP contribution is 2.23. The van der Waals surface area contributed by atoms with Crippen molar-refractivity contribution in [2.24, 2.45) is 0 Å². The van der Waals surface area contributed by atoms with Crippen LogP contribution in [0, 0.1) is 0 Å². The van der Waals surface area contributed by atoms with Gasteiger partial charge < -0.3 is 14.8 Å². The number of rotatable bonds is 2. The third-order valence-electron chi connectivity index (χ3n) is 2.58. The van der Waals surface area contributed by atoms with Crippen molar-refractivity contribution >= 4 is 17.9 Å². The average molecular weight is 278 g/mol. The third-order valence-corrected chi connectivity index (χ3v) is 2.58. The molecule has 2 N–H and O–H groups in total. The fraction of sp³-hybridized carbons (Fsp3) is 0.429. The van der Waals surface area contributed by atoms with Gasteiger partial charge >= 0.3 is 12.2 Å². The predicted octanol–water partition coefficient (Wildman–Crippen LogP) is 2.81. The summed E-state index contributed by atoms with van der Waals surface area (Å²) in [5.41, 5.74) is 0.865. The van der Waals surface area contributed by atoms with E-state index in [4.69, 9.17) is 9.47 Å². The fourth-order valence-corrected chi connectivity index (χ4v) is 1.81. The van der Waals surface area contributed by atoms with Crippen LogP contribution in [0.5, 0.6) is 0 Å². The maximum atomic E-state index is 11.7. The van der Waals surface area contributed by atoms with Gasteiger partial charge in [-0.05, 0) is 38.5 Å². The Balaban J connectivity index is 2.03. The molecule has 1 heterocycles. The van der Waals surface area contributed by atoms with Gasteiger partial charge in [-0.1, -0.05) is 12.1 Å². The Morgan fingerprint density at radius 3 is 2.80 bits per heavy atom. The van der Waals surface area contributed by atoms with Crippen LogP contribution in [0.1, 0.15) is 32.4 Å². The van der Waals surface area contributed by atoms with Gasteiger partial charge in [0.2, 0.25) is 0 Å². The average Bonchev–Trinajstić information content (AvgIpc) is 2.73. The second kappa shape index (κ2) is 5.40. The van der Waals surface area contributed by atoms with Crippen molar-refractivity contribution in [3.05, 3.63) is 29.8 Å². The first kappa shape index (κ1) is 14.2. The number of hydrogen-bond acceptors (Lipinski definition) is 4. The molecule has 6 heteroatoms. The topological polar surface area (TPSA) is 76.7 Å². The highest BCUT2D eigenvalue weighted by molar-refractivity contribution is 5.85. The molecule has 1 aromatic carbocycles. The normalized spacial score (nSPS) is 18.1. The molecule has 0 bridgehead atoms. The zero-order valence-electron chi connectivity index (χ0n) is 11.7. The lowest BCUT2D eigenvalue weighted by atomic mass is 10.1. The summed E-state index contributed by atoms with van der Waals surface area (Å²) in [7, 11) is 0. The number of ether oxygens (including phenoxy) is 2. The molecule has 2 amide bonds. The Morgan fingerprint density at radius 1 is 1.45 bits per heavy atom. The third kappa shape index (κ3) is 3.88. The van der Waals surface area contributed by atoms with E-state index in [-0.39, 0.29) is 6.10 Å². The molecule has 0 radical (unpaired) electrons. The molecule has 1 saturated heterocycles. The molecular weight excluding hydrogens is 260 g/mol. The molecular formula is C14H18N2O4. The minimum atomic E-state index is -0.549. The van der Waals surface area contributed by atoms with Crippen LogP contribution in [0.25, 0.3) is 0 Å². The van der Waals surface area contributed by atoms with Gasteiger partial charge in [-0.3, -0.25) is 5.32 Å². The van der Waals surface area contributed by atoms with Gasteiger partial charge in [-0.15, -0.1) is 0 Å². The second-order valence-corrected chi connectivity index (χ2v) is 5.53. The van der Waals surface area contributed by atoms with E-state index < -0.39 is 17.8 Å². The van der Waals surface area contributed by atoms with Gasteiger partial charge in [0.1, 0.15) is 11.7 Å². The molecule has 0 aromatic heterocycles. The van der Waals surface area contributed by atoms with E-state index in [1.807, 2.05) is 6.07 Å². The Bertz CT molecular complexity index is 522. The van der Waals surface area contributed by atoms with Crippen LogP contribution in [0.2, 0.25) is 0 Å². The predicted molar refractivity (Wildman–Crippen MR) is 73.5 cm³/mol. The lowest BCUT2D eigenvalue weighted by Crippen LogP contribution is -2.27. The zero-order chi connectivity index (χ0) is 14.8. The Labute approximate surface area is 117 Å². The van der Waals surface area contributed by atoms with Crippen molar-refractivity contribution in [2.45, 2.75) is 32.5 Å². The van der Waals surface area contributed by atoms with Crippen LogP contribution in [-0.4, -0.2) is 24.3 Å². The van der Waals surface area contributed by atoms with Crippen LogP contribution in [-0.2, 0) is 9.47 Å². The minimum Gasteiger partial charge on any atom is -0.444 e. The largest absolute Gasteiger partial charge is 0.444 e. The lowest BCUT2D eigenvalue weighted by Gasteiger charge is -2.20. The summed E-state index contributed by atoms with van der Waals surface area (Å²) in [6, 6.07) is 7.13. The van der Waals surface area contributed by atoms with E-state index in [0.29, 0.717) is 12.2 Å². The second-order valence-electron chi connectivity index (χ2n) is 5.53. The summed E-state index contributed by atoms with van der Waals surface area (Å²) in [6.45, 7) is 5.82. The number of alkyl carbamates (subject to hydrolysis) is 1. The number of carbonyl (C=O) groups is 2. The minimum absolute atomic E-state index is 0.331. The van der Waals surface area contributed by atoms with Crippen LogP contribution >= 0.6 is 0 Å². The van der Waals surface area contributed by atoms with Gasteiger partial charge in [0.05, 0.1) is 6.54 Å². The molecule has 1 unspecified atom stereocenters. The summed E-state index contributed by atoms with van der Waals surface area (Å²) < 4.78 is 10.3. The number of nitrogens with one attached hydrogen (secondary N) is 2. The first-order valence-electron chi connectivity index (χ1n) is 6.38. The first-order chi connectivity index (χ1) is 9.33. The van der Waals surface area contributed by atoms with Crippen molar-refractivity contribution in [1.82, 2.24) is 5.32 Å². The molecule has 1 aromatic rings. The van der Waals surface area contributed by atoms with E-state index >= 15 is 0 Å². The zero-order valence-corrected chi connectivity index (χ0v) is 11.7. The molecule has 0 saturated carbocycles. The van der Waals surface area contributed by atoms with E-state index in [2.05, 4.69) is 10.6 Å². The van der Waals surface area contributed by atoms with E-state index in [1.165, 1.54) is 0 Å². The van der Waals surface area contributed by atoms with E-state index in [0.717, 1.165) is 5.56 Å². The van der Waals surface area contributed by atoms with Crippen molar-refractivity contribution in [1.29, 1.82) is 0 Å². The number of benzene rings is 1. The summed E-state index contributed by atoms with van der Waals surface area (Å²) in [6.07, 6.45) is -1.28. The van der Waals surface area contributed by atoms with Gasteiger partial charge in [-0.25, -0.2) is 9.59 Å². The fourth-order valence-electron chi connectivity index (χ4n) is 1.81. The molecule has 1 atom stereocenters. The number of carbonyl (C=O) groups excluding carboxylic acids is 2. The summed E-state index contributed by atoms with van der Waals surface area (Å²) in [5.74, 6) is 0. The highest BCUT2D eigenvalue weighted by atomic mass is 16.6. The molecule has 6 nitrogen and oxygen atoms in total. The van der Waals surface area contributed by atoms with Crippen molar-refractivity contribution in [3.63, 3.8) is 0 Å². The monoisotopic (exact) mass is 278 g/mol. The SMILES string of the molecule is CC(C)(C)OC(=O)Nc1cccc(C2CNC(=O)O2)c1. The van der Waals surface area contributed by atoms with Crippen LogP contribution < -0.4 is 10.6 Å². The van der Waals surface area contributed by atoms with Gasteiger partial charge in [0.25, 0.3) is 0 Å². The molecule has 20 heavy (non-hydrogen) atoms. The van der Waals surface area contributed by atoms with Crippen LogP contribution in [0.4, 0.5) is 15.3 Å². The maximum Gasteiger partial charge on any atom is 0.412 e. The molecule has 1 fully saturated rings. The van der Waals surface area contributed by atoms with Gasteiger partial charge in [-0.2, -0.15) is 0 Å². The highest BCUT2D eigenvalue weighted by Gasteiger charge is 2.24. The first-order valence-corrected chi connectivity index (χ1v) is 6.38. The molecule has 0 aliphatic carbocycles. The van der Waals surface area contributed by atoms with Gasteiger partial charge in [0.15, 0.2) is 0 Å². The van der Waals surface area contributed by atoms with Crippen molar-refractivity contribution < 1.29 is 19.1 Å². The Kier molecular flexibility index (Phi) is 3.83. The summed E-state index contributed by atoms with van der Waals surface area (Å²) >= 11 is 0. The molecule has 1 aliphatic heterocycles. The van der Waals surface area contributed by atoms with Crippen LogP contribution in [0.3, 0.4) is 0 Å². The molecule has 2 rings (SSSR count). The lowest BCUT2D eigenvalue weighted by molar-refractivity contribution is 0.0635. The van der Waals surface area contributed by atoms with E-state index in [1.54, 1.807) is 39.0 Å². The number of anilines is 1. The van der Waals surface area contributed by atoms with Crippen molar-refractivity contribution in [2.75, 3.05) is 11.9 Å². The van der Waals surface area contributed by atoms with Crippen LogP contribution in [0.15, 0.2) is 24.3 Å². The molecule has 1 aliphatic rings. The van der Waals surface area contributed by atoms with Crippen molar-refractivity contribution in [3.8, 4) is 0 Å². The quantitative estimate of drug-likeness (QED) is 0.872. The standard InChI is InChI=1S/C14H18N2O4/c1-14(2,3)20-13(18)16-10-6-4-5-9(7-10)11-8-15-12(17)19-11/h4-7,11H,8H2,1-3H3,(H,15,17)(H,16,18). The number of hydrogen-bond donors (Lipinski definition) is 2. The summed E-state index contributed by atoms with van der Waals surface area (Å²) in [4.78, 5) is 22.7. The number of amides is 2. The summed E-state index contributed by atoms with van der Waals surface area (Å²) in [5, 5.41) is 5.24. The maximum absolute atomic E-state index is 11.7.